The Morgan fingerprint density at radius 1 is 1.35 bits per heavy atom. The predicted octanol–water partition coefficient (Wildman–Crippen LogP) is 2.11. The summed E-state index contributed by atoms with van der Waals surface area (Å²) in [6.07, 6.45) is 2.24. The second-order valence-electron chi connectivity index (χ2n) is 4.55. The van der Waals surface area contributed by atoms with Gasteiger partial charge in [0.2, 0.25) is 0 Å². The molecule has 1 aromatic heterocycles. The van der Waals surface area contributed by atoms with Crippen LogP contribution in [0.2, 0.25) is 0 Å². The molecule has 2 aromatic rings. The van der Waals surface area contributed by atoms with Crippen LogP contribution >= 0.6 is 0 Å². The Bertz CT molecular complexity index is 567. The minimum Gasteiger partial charge on any atom is -0.342 e. The van der Waals surface area contributed by atoms with Crippen molar-refractivity contribution in [3.63, 3.8) is 0 Å². The van der Waals surface area contributed by atoms with Gasteiger partial charge in [0.25, 0.3) is 5.91 Å². The van der Waals surface area contributed by atoms with Crippen molar-refractivity contribution >= 4 is 16.9 Å². The number of amides is 1. The number of hydrogen-bond acceptors (Lipinski definition) is 2. The summed E-state index contributed by atoms with van der Waals surface area (Å²) in [5, 5.41) is 0. The average Bonchev–Trinajstić information content (AvgIpc) is 2.94. The Morgan fingerprint density at radius 3 is 2.88 bits per heavy atom. The molecular weight excluding hydrogens is 214 g/mol. The zero-order valence-electron chi connectivity index (χ0n) is 9.86. The molecule has 0 radical (unpaired) electrons. The van der Waals surface area contributed by atoms with Crippen molar-refractivity contribution in [3.8, 4) is 0 Å². The van der Waals surface area contributed by atoms with Crippen molar-refractivity contribution in [1.82, 2.24) is 14.9 Å². The van der Waals surface area contributed by atoms with E-state index in [2.05, 4.69) is 9.97 Å². The molecule has 1 aliphatic rings. The van der Waals surface area contributed by atoms with Gasteiger partial charge in [-0.05, 0) is 38.0 Å². The number of aryl methyl sites for hydroxylation is 1. The van der Waals surface area contributed by atoms with Gasteiger partial charge >= 0.3 is 0 Å². The maximum Gasteiger partial charge on any atom is 0.253 e. The van der Waals surface area contributed by atoms with E-state index in [0.29, 0.717) is 0 Å². The maximum atomic E-state index is 12.2. The Hall–Kier alpha value is -1.84. The first-order valence-corrected chi connectivity index (χ1v) is 6.00. The zero-order valence-corrected chi connectivity index (χ0v) is 9.86. The summed E-state index contributed by atoms with van der Waals surface area (Å²) in [5.74, 6) is 1.02. The van der Waals surface area contributed by atoms with Crippen molar-refractivity contribution in [1.29, 1.82) is 0 Å². The molecule has 0 saturated carbocycles. The lowest BCUT2D eigenvalue weighted by Gasteiger charge is -2.14. The molecule has 4 heteroatoms. The molecule has 0 unspecified atom stereocenters. The van der Waals surface area contributed by atoms with Gasteiger partial charge in [0.15, 0.2) is 0 Å². The van der Waals surface area contributed by atoms with Crippen LogP contribution in [0, 0.1) is 6.92 Å². The van der Waals surface area contributed by atoms with Gasteiger partial charge in [0.1, 0.15) is 5.82 Å². The molecule has 1 N–H and O–H groups in total. The van der Waals surface area contributed by atoms with Crippen LogP contribution in [0.3, 0.4) is 0 Å². The average molecular weight is 229 g/mol. The highest BCUT2D eigenvalue weighted by molar-refractivity contribution is 5.97. The normalized spacial score (nSPS) is 15.7. The van der Waals surface area contributed by atoms with Crippen LogP contribution in [-0.2, 0) is 0 Å². The Balaban J connectivity index is 1.96. The standard InChI is InChI=1S/C13H15N3O/c1-9-14-11-5-4-10(8-12(11)15-9)13(17)16-6-2-3-7-16/h4-5,8H,2-3,6-7H2,1H3,(H,14,15). The van der Waals surface area contributed by atoms with E-state index < -0.39 is 0 Å². The van der Waals surface area contributed by atoms with Crippen molar-refractivity contribution in [2.75, 3.05) is 13.1 Å². The molecule has 17 heavy (non-hydrogen) atoms. The SMILES string of the molecule is Cc1nc2ccc(C(=O)N3CCCC3)cc2[nH]1. The topological polar surface area (TPSA) is 49.0 Å². The summed E-state index contributed by atoms with van der Waals surface area (Å²) in [5.41, 5.74) is 2.61. The van der Waals surface area contributed by atoms with Crippen molar-refractivity contribution < 1.29 is 4.79 Å². The van der Waals surface area contributed by atoms with Crippen LogP contribution in [0.1, 0.15) is 29.0 Å². The third-order valence-corrected chi connectivity index (χ3v) is 3.24. The second-order valence-corrected chi connectivity index (χ2v) is 4.55. The van der Waals surface area contributed by atoms with Gasteiger partial charge in [-0.2, -0.15) is 0 Å². The van der Waals surface area contributed by atoms with Crippen LogP contribution < -0.4 is 0 Å². The molecule has 1 amide bonds. The number of carbonyl (C=O) groups excluding carboxylic acids is 1. The Labute approximate surface area is 99.6 Å². The highest BCUT2D eigenvalue weighted by Gasteiger charge is 2.19. The molecule has 4 nitrogen and oxygen atoms in total. The van der Waals surface area contributed by atoms with Gasteiger partial charge < -0.3 is 9.88 Å². The third-order valence-electron chi connectivity index (χ3n) is 3.24. The Kier molecular flexibility index (Phi) is 2.35. The molecule has 2 heterocycles. The fraction of sp³-hybridized carbons (Fsp3) is 0.385. The molecule has 3 rings (SSSR count). The number of aromatic amines is 1. The number of carbonyl (C=O) groups is 1. The summed E-state index contributed by atoms with van der Waals surface area (Å²) < 4.78 is 0. The molecule has 0 bridgehead atoms. The van der Waals surface area contributed by atoms with Crippen LogP contribution in [0.15, 0.2) is 18.2 Å². The fourth-order valence-corrected chi connectivity index (χ4v) is 2.37. The monoisotopic (exact) mass is 229 g/mol. The molecule has 0 spiro atoms. The minimum absolute atomic E-state index is 0.136. The number of aromatic nitrogens is 2. The van der Waals surface area contributed by atoms with Gasteiger partial charge in [0.05, 0.1) is 11.0 Å². The van der Waals surface area contributed by atoms with Crippen molar-refractivity contribution in [3.05, 3.63) is 29.6 Å². The molecular formula is C13H15N3O. The van der Waals surface area contributed by atoms with Crippen molar-refractivity contribution in [2.45, 2.75) is 19.8 Å². The quantitative estimate of drug-likeness (QED) is 0.814. The van der Waals surface area contributed by atoms with Gasteiger partial charge in [0, 0.05) is 18.7 Å². The first-order chi connectivity index (χ1) is 8.24. The van der Waals surface area contributed by atoms with E-state index in [1.807, 2.05) is 30.0 Å². The van der Waals surface area contributed by atoms with Gasteiger partial charge in [-0.3, -0.25) is 4.79 Å². The van der Waals surface area contributed by atoms with E-state index in [1.54, 1.807) is 0 Å². The third kappa shape index (κ3) is 1.79. The summed E-state index contributed by atoms with van der Waals surface area (Å²) >= 11 is 0. The van der Waals surface area contributed by atoms with E-state index in [4.69, 9.17) is 0 Å². The number of H-pyrrole nitrogens is 1. The maximum absolute atomic E-state index is 12.2. The first-order valence-electron chi connectivity index (χ1n) is 6.00. The molecule has 1 saturated heterocycles. The lowest BCUT2D eigenvalue weighted by molar-refractivity contribution is 0.0793. The highest BCUT2D eigenvalue weighted by atomic mass is 16.2. The summed E-state index contributed by atoms with van der Waals surface area (Å²) in [6.45, 7) is 3.69. The molecule has 1 aromatic carbocycles. The number of hydrogen-bond donors (Lipinski definition) is 1. The summed E-state index contributed by atoms with van der Waals surface area (Å²) in [4.78, 5) is 21.6. The van der Waals surface area contributed by atoms with E-state index in [9.17, 15) is 4.79 Å². The van der Waals surface area contributed by atoms with E-state index in [-0.39, 0.29) is 5.91 Å². The van der Waals surface area contributed by atoms with Gasteiger partial charge in [-0.1, -0.05) is 0 Å². The molecule has 1 fully saturated rings. The van der Waals surface area contributed by atoms with E-state index in [1.165, 1.54) is 0 Å². The van der Waals surface area contributed by atoms with Crippen LogP contribution in [0.25, 0.3) is 11.0 Å². The lowest BCUT2D eigenvalue weighted by Crippen LogP contribution is -2.27. The highest BCUT2D eigenvalue weighted by Crippen LogP contribution is 2.17. The number of nitrogens with zero attached hydrogens (tertiary/aromatic N) is 2. The second kappa shape index (κ2) is 3.87. The molecule has 1 aliphatic heterocycles. The Morgan fingerprint density at radius 2 is 2.12 bits per heavy atom. The number of rotatable bonds is 1. The van der Waals surface area contributed by atoms with Gasteiger partial charge in [-0.25, -0.2) is 4.98 Å². The molecule has 0 aliphatic carbocycles. The number of imidazole rings is 1. The first kappa shape index (κ1) is 10.3. The molecule has 0 atom stereocenters. The summed E-state index contributed by atoms with van der Waals surface area (Å²) in [6, 6.07) is 5.67. The van der Waals surface area contributed by atoms with Crippen LogP contribution in [0.4, 0.5) is 0 Å². The largest absolute Gasteiger partial charge is 0.342 e. The number of benzene rings is 1. The fourth-order valence-electron chi connectivity index (χ4n) is 2.37. The predicted molar refractivity (Wildman–Crippen MR) is 66.0 cm³/mol. The van der Waals surface area contributed by atoms with E-state index in [0.717, 1.165) is 48.4 Å². The number of nitrogens with one attached hydrogen (secondary N) is 1. The minimum atomic E-state index is 0.136. The molecule has 88 valence electrons. The smallest absolute Gasteiger partial charge is 0.253 e. The van der Waals surface area contributed by atoms with E-state index >= 15 is 0 Å². The lowest BCUT2D eigenvalue weighted by atomic mass is 10.2. The van der Waals surface area contributed by atoms with Crippen LogP contribution in [-0.4, -0.2) is 33.9 Å². The zero-order chi connectivity index (χ0) is 11.8. The number of likely N-dealkylation sites (tertiary alicyclic amines) is 1. The summed E-state index contributed by atoms with van der Waals surface area (Å²) in [7, 11) is 0. The van der Waals surface area contributed by atoms with Crippen molar-refractivity contribution in [2.24, 2.45) is 0 Å². The number of fused-ring (bicyclic) bond motifs is 1. The van der Waals surface area contributed by atoms with Crippen LogP contribution in [0.5, 0.6) is 0 Å². The van der Waals surface area contributed by atoms with Gasteiger partial charge in [-0.15, -0.1) is 0 Å².